The average Bonchev–Trinajstić information content (AvgIpc) is 2.55. The van der Waals surface area contributed by atoms with Gasteiger partial charge in [0.25, 0.3) is 0 Å². The van der Waals surface area contributed by atoms with Gasteiger partial charge in [-0.2, -0.15) is 0 Å². The molecule has 24 heavy (non-hydrogen) atoms. The molecule has 0 aliphatic carbocycles. The van der Waals surface area contributed by atoms with Gasteiger partial charge in [0.2, 0.25) is 5.91 Å². The Morgan fingerprint density at radius 2 is 1.83 bits per heavy atom. The smallest absolute Gasteiger partial charge is 0.225 e. The number of piperidine rings is 1. The first-order valence-electron chi connectivity index (χ1n) is 8.79. The van der Waals surface area contributed by atoms with Crippen LogP contribution in [-0.2, 0) is 11.3 Å². The van der Waals surface area contributed by atoms with Gasteiger partial charge in [-0.05, 0) is 38.5 Å². The van der Waals surface area contributed by atoms with Crippen LogP contribution in [0.4, 0.5) is 0 Å². The summed E-state index contributed by atoms with van der Waals surface area (Å²) in [6.07, 6.45) is 1.42. The largest absolute Gasteiger partial charge is 0.390 e. The van der Waals surface area contributed by atoms with Gasteiger partial charge in [0.1, 0.15) is 0 Å². The normalized spacial score (nSPS) is 17.9. The lowest BCUT2D eigenvalue weighted by atomic mass is 9.95. The van der Waals surface area contributed by atoms with Gasteiger partial charge in [-0.3, -0.25) is 9.69 Å². The summed E-state index contributed by atoms with van der Waals surface area (Å²) in [5, 5.41) is 10.4. The number of benzene rings is 1. The number of hydrogen-bond acceptors (Lipinski definition) is 4. The van der Waals surface area contributed by atoms with E-state index < -0.39 is 0 Å². The van der Waals surface area contributed by atoms with Crippen molar-refractivity contribution in [3.8, 4) is 0 Å². The fraction of sp³-hybridized carbons (Fsp3) is 0.632. The van der Waals surface area contributed by atoms with E-state index in [1.165, 1.54) is 5.56 Å². The zero-order valence-corrected chi connectivity index (χ0v) is 15.2. The molecule has 134 valence electrons. The highest BCUT2D eigenvalue weighted by Gasteiger charge is 2.26. The molecule has 2 rings (SSSR count). The molecule has 5 heteroatoms. The molecular weight excluding hydrogens is 302 g/mol. The zero-order valence-electron chi connectivity index (χ0n) is 15.2. The molecule has 5 nitrogen and oxygen atoms in total. The second-order valence-corrected chi connectivity index (χ2v) is 7.14. The molecule has 0 saturated carbocycles. The molecule has 1 aliphatic heterocycles. The first kappa shape index (κ1) is 18.9. The van der Waals surface area contributed by atoms with E-state index in [1.54, 1.807) is 4.90 Å². The number of hydrogen-bond donors (Lipinski definition) is 1. The Bertz CT molecular complexity index is 499. The molecule has 1 heterocycles. The van der Waals surface area contributed by atoms with Crippen LogP contribution in [0.5, 0.6) is 0 Å². The van der Waals surface area contributed by atoms with Crippen LogP contribution in [0, 0.1) is 5.92 Å². The molecule has 1 aromatic carbocycles. The molecule has 0 radical (unpaired) electrons. The SMILES string of the molecule is CN(Cc1ccccc1)CC(O)CN1CCC(C(=O)N(C)C)CC1. The van der Waals surface area contributed by atoms with Crippen molar-refractivity contribution in [2.45, 2.75) is 25.5 Å². The number of aliphatic hydroxyl groups is 1. The van der Waals surface area contributed by atoms with Gasteiger partial charge < -0.3 is 14.9 Å². The molecule has 0 spiro atoms. The second kappa shape index (κ2) is 9.16. The van der Waals surface area contributed by atoms with Gasteiger partial charge in [-0.15, -0.1) is 0 Å². The third-order valence-corrected chi connectivity index (χ3v) is 4.66. The number of carbonyl (C=O) groups excluding carboxylic acids is 1. The second-order valence-electron chi connectivity index (χ2n) is 7.14. The number of amides is 1. The van der Waals surface area contributed by atoms with E-state index in [1.807, 2.05) is 39.3 Å². The first-order valence-corrected chi connectivity index (χ1v) is 8.79. The lowest BCUT2D eigenvalue weighted by Crippen LogP contribution is -2.44. The van der Waals surface area contributed by atoms with Crippen molar-refractivity contribution in [2.75, 3.05) is 47.3 Å². The predicted molar refractivity (Wildman–Crippen MR) is 96.6 cm³/mol. The molecule has 1 amide bonds. The Morgan fingerprint density at radius 3 is 2.42 bits per heavy atom. The molecular formula is C19H31N3O2. The average molecular weight is 333 g/mol. The molecule has 1 aromatic rings. The van der Waals surface area contributed by atoms with E-state index in [0.717, 1.165) is 32.5 Å². The quantitative estimate of drug-likeness (QED) is 0.817. The summed E-state index contributed by atoms with van der Waals surface area (Å²) >= 11 is 0. The van der Waals surface area contributed by atoms with Crippen molar-refractivity contribution in [3.63, 3.8) is 0 Å². The number of aliphatic hydroxyl groups excluding tert-OH is 1. The minimum Gasteiger partial charge on any atom is -0.390 e. The van der Waals surface area contributed by atoms with Crippen LogP contribution in [0.3, 0.4) is 0 Å². The lowest BCUT2D eigenvalue weighted by molar-refractivity contribution is -0.134. The van der Waals surface area contributed by atoms with E-state index in [2.05, 4.69) is 21.9 Å². The van der Waals surface area contributed by atoms with Gasteiger partial charge in [-0.25, -0.2) is 0 Å². The van der Waals surface area contributed by atoms with Crippen LogP contribution >= 0.6 is 0 Å². The minimum absolute atomic E-state index is 0.147. The molecule has 1 atom stereocenters. The number of likely N-dealkylation sites (N-methyl/N-ethyl adjacent to an activating group) is 1. The van der Waals surface area contributed by atoms with Crippen molar-refractivity contribution >= 4 is 5.91 Å². The number of rotatable bonds is 7. The van der Waals surface area contributed by atoms with Gasteiger partial charge in [0.15, 0.2) is 0 Å². The van der Waals surface area contributed by atoms with E-state index >= 15 is 0 Å². The van der Waals surface area contributed by atoms with Crippen LogP contribution in [0.2, 0.25) is 0 Å². The summed E-state index contributed by atoms with van der Waals surface area (Å²) in [4.78, 5) is 18.1. The molecule has 0 bridgehead atoms. The van der Waals surface area contributed by atoms with Crippen molar-refractivity contribution in [1.29, 1.82) is 0 Å². The monoisotopic (exact) mass is 333 g/mol. The van der Waals surface area contributed by atoms with E-state index in [4.69, 9.17) is 0 Å². The third kappa shape index (κ3) is 5.89. The third-order valence-electron chi connectivity index (χ3n) is 4.66. The van der Waals surface area contributed by atoms with E-state index in [0.29, 0.717) is 13.1 Å². The summed E-state index contributed by atoms with van der Waals surface area (Å²) in [7, 11) is 5.68. The molecule has 1 fully saturated rings. The van der Waals surface area contributed by atoms with Crippen molar-refractivity contribution in [2.24, 2.45) is 5.92 Å². The summed E-state index contributed by atoms with van der Waals surface area (Å²) in [5.41, 5.74) is 1.26. The van der Waals surface area contributed by atoms with Gasteiger partial charge in [-0.1, -0.05) is 30.3 Å². The fourth-order valence-corrected chi connectivity index (χ4v) is 3.40. The number of β-amino-alcohol motifs (C(OH)–C–C–N with tert-alkyl or cyclic N) is 1. The van der Waals surface area contributed by atoms with Gasteiger partial charge in [0, 0.05) is 39.6 Å². The molecule has 1 unspecified atom stereocenters. The van der Waals surface area contributed by atoms with Gasteiger partial charge in [0.05, 0.1) is 6.10 Å². The van der Waals surface area contributed by atoms with Crippen molar-refractivity contribution in [1.82, 2.24) is 14.7 Å². The lowest BCUT2D eigenvalue weighted by Gasteiger charge is -2.34. The highest BCUT2D eigenvalue weighted by molar-refractivity contribution is 5.78. The maximum atomic E-state index is 12.0. The highest BCUT2D eigenvalue weighted by Crippen LogP contribution is 2.19. The van der Waals surface area contributed by atoms with Crippen molar-refractivity contribution < 1.29 is 9.90 Å². The predicted octanol–water partition coefficient (Wildman–Crippen LogP) is 1.28. The first-order chi connectivity index (χ1) is 11.5. The Labute approximate surface area is 145 Å². The Kier molecular flexibility index (Phi) is 7.21. The molecule has 1 saturated heterocycles. The highest BCUT2D eigenvalue weighted by atomic mass is 16.3. The Hall–Kier alpha value is -1.43. The summed E-state index contributed by atoms with van der Waals surface area (Å²) in [6, 6.07) is 10.3. The number of carbonyl (C=O) groups is 1. The number of nitrogens with zero attached hydrogens (tertiary/aromatic N) is 3. The maximum absolute atomic E-state index is 12.0. The summed E-state index contributed by atoms with van der Waals surface area (Å²) in [6.45, 7) is 3.97. The van der Waals surface area contributed by atoms with Crippen LogP contribution in [0.15, 0.2) is 30.3 Å². The van der Waals surface area contributed by atoms with E-state index in [-0.39, 0.29) is 17.9 Å². The van der Waals surface area contributed by atoms with Gasteiger partial charge >= 0.3 is 0 Å². The minimum atomic E-state index is -0.361. The Balaban J connectivity index is 1.69. The van der Waals surface area contributed by atoms with Crippen LogP contribution in [0.25, 0.3) is 0 Å². The topological polar surface area (TPSA) is 47.0 Å². The fourth-order valence-electron chi connectivity index (χ4n) is 3.40. The molecule has 0 aromatic heterocycles. The van der Waals surface area contributed by atoms with Crippen LogP contribution in [-0.4, -0.2) is 79.1 Å². The molecule has 1 aliphatic rings. The standard InChI is InChI=1S/C19H31N3O2/c1-20(2)19(24)17-9-11-22(12-10-17)15-18(23)14-21(3)13-16-7-5-4-6-8-16/h4-8,17-18,23H,9-15H2,1-3H3. The maximum Gasteiger partial charge on any atom is 0.225 e. The van der Waals surface area contributed by atoms with Crippen molar-refractivity contribution in [3.05, 3.63) is 35.9 Å². The summed E-state index contributed by atoms with van der Waals surface area (Å²) in [5.74, 6) is 0.381. The number of likely N-dealkylation sites (tertiary alicyclic amines) is 1. The zero-order chi connectivity index (χ0) is 17.5. The Morgan fingerprint density at radius 1 is 1.21 bits per heavy atom. The summed E-state index contributed by atoms with van der Waals surface area (Å²) < 4.78 is 0. The van der Waals surface area contributed by atoms with Crippen LogP contribution < -0.4 is 0 Å². The van der Waals surface area contributed by atoms with E-state index in [9.17, 15) is 9.90 Å². The molecule has 1 N–H and O–H groups in total. The van der Waals surface area contributed by atoms with Crippen LogP contribution in [0.1, 0.15) is 18.4 Å².